The molecule has 0 atom stereocenters. The number of hydrogen-bond acceptors (Lipinski definition) is 4. The summed E-state index contributed by atoms with van der Waals surface area (Å²) in [6, 6.07) is 0. The van der Waals surface area contributed by atoms with Gasteiger partial charge in [-0.1, -0.05) is 0 Å². The minimum Gasteiger partial charge on any atom is -1.00 e. The van der Waals surface area contributed by atoms with Crippen LogP contribution in [0.3, 0.4) is 0 Å². The van der Waals surface area contributed by atoms with Gasteiger partial charge in [-0.3, -0.25) is 0 Å². The van der Waals surface area contributed by atoms with E-state index >= 15 is 0 Å². The average Bonchev–Trinajstić information content (AvgIpc) is 0.722. The fraction of sp³-hybridized carbons (Fsp3) is 0. The summed E-state index contributed by atoms with van der Waals surface area (Å²) in [4.78, 5) is 29.3. The fourth-order valence-corrected chi connectivity index (χ4v) is 0. The predicted molar refractivity (Wildman–Crippen MR) is 15.7 cm³/mol. The summed E-state index contributed by atoms with van der Waals surface area (Å²) in [5, 5.41) is 0. The Morgan fingerprint density at radius 3 is 1.00 bits per heavy atom. The first-order chi connectivity index (χ1) is 2.00. The zero-order chi connectivity index (χ0) is 4.50. The first-order valence-electron chi connectivity index (χ1n) is 0.894. The molecule has 0 spiro atoms. The van der Waals surface area contributed by atoms with Crippen LogP contribution >= 0.6 is 0 Å². The summed E-state index contributed by atoms with van der Waals surface area (Å²) in [5.41, 5.74) is 0. The Morgan fingerprint density at radius 1 is 1.00 bits per heavy atom. The van der Waals surface area contributed by atoms with Crippen LogP contribution in [-0.4, -0.2) is 28.2 Å². The van der Waals surface area contributed by atoms with Crippen molar-refractivity contribution in [1.82, 2.24) is 0 Å². The van der Waals surface area contributed by atoms with E-state index in [-0.39, 0.29) is 48.1 Å². The van der Waals surface area contributed by atoms with Crippen molar-refractivity contribution in [3.63, 3.8) is 0 Å². The molecule has 0 aliphatic carbocycles. The van der Waals surface area contributed by atoms with Gasteiger partial charge in [-0.2, -0.15) is 0 Å². The third-order valence-electron chi connectivity index (χ3n) is 0. The molecule has 0 aliphatic heterocycles. The summed E-state index contributed by atoms with van der Waals surface area (Å²) in [5.74, 6) is 0. The Kier molecular flexibility index (Phi) is 12.9. The Balaban J connectivity index is -0.0000000267. The van der Waals surface area contributed by atoms with Crippen LogP contribution in [0.4, 0.5) is 0 Å². The van der Waals surface area contributed by atoms with Crippen LogP contribution in [0.15, 0.2) is 0 Å². The summed E-state index contributed by atoms with van der Waals surface area (Å²) >= 11 is 0. The molecule has 0 saturated carbocycles. The SMILES string of the molecule is O[Si](O)(O)O.[Cu].[H-].[Na+]. The molecule has 0 bridgehead atoms. The van der Waals surface area contributed by atoms with E-state index in [2.05, 4.69) is 0 Å². The fourth-order valence-electron chi connectivity index (χ4n) is 0. The average molecular weight is 184 g/mol. The van der Waals surface area contributed by atoms with Crippen molar-refractivity contribution < 1.29 is 67.2 Å². The van der Waals surface area contributed by atoms with Crippen LogP contribution < -0.4 is 29.6 Å². The molecular formula is H5CuNaO4Si. The maximum absolute atomic E-state index is 7.33. The summed E-state index contributed by atoms with van der Waals surface area (Å²) in [6.45, 7) is 0. The van der Waals surface area contributed by atoms with Crippen LogP contribution in [0.25, 0.3) is 0 Å². The molecule has 0 rings (SSSR count). The molecule has 0 amide bonds. The van der Waals surface area contributed by atoms with Gasteiger partial charge < -0.3 is 20.6 Å². The van der Waals surface area contributed by atoms with Crippen molar-refractivity contribution in [1.29, 1.82) is 0 Å². The Bertz CT molecular complexity index is 31.5. The van der Waals surface area contributed by atoms with Gasteiger partial charge in [0.05, 0.1) is 0 Å². The zero-order valence-corrected chi connectivity index (χ0v) is 7.53. The molecule has 7 heteroatoms. The van der Waals surface area contributed by atoms with Gasteiger partial charge in [0.1, 0.15) is 0 Å². The molecule has 0 aromatic rings. The normalized spacial score (nSPS) is 8.57. The molecule has 1 radical (unpaired) electrons. The third kappa shape index (κ3) is 94.8. The minimum absolute atomic E-state index is 0. The molecule has 0 unspecified atom stereocenters. The van der Waals surface area contributed by atoms with Crippen molar-refractivity contribution in [2.24, 2.45) is 0 Å². The summed E-state index contributed by atoms with van der Waals surface area (Å²) < 4.78 is 0. The van der Waals surface area contributed by atoms with Crippen molar-refractivity contribution in [2.75, 3.05) is 0 Å². The number of hydrogen-bond donors (Lipinski definition) is 4. The zero-order valence-electron chi connectivity index (χ0n) is 4.59. The smallest absolute Gasteiger partial charge is 1.00 e. The van der Waals surface area contributed by atoms with Gasteiger partial charge in [-0.15, -0.1) is 0 Å². The van der Waals surface area contributed by atoms with Gasteiger partial charge in [0.15, 0.2) is 0 Å². The van der Waals surface area contributed by atoms with Gasteiger partial charge >= 0.3 is 38.6 Å². The van der Waals surface area contributed by atoms with E-state index in [1.807, 2.05) is 0 Å². The third-order valence-corrected chi connectivity index (χ3v) is 0. The quantitative estimate of drug-likeness (QED) is 0.283. The molecule has 4 N–H and O–H groups in total. The first-order valence-corrected chi connectivity index (χ1v) is 2.68. The van der Waals surface area contributed by atoms with Gasteiger partial charge in [0.2, 0.25) is 0 Å². The molecule has 0 aromatic heterocycles. The van der Waals surface area contributed by atoms with Crippen LogP contribution in [-0.2, 0) is 17.1 Å². The molecule has 7 heavy (non-hydrogen) atoms. The van der Waals surface area contributed by atoms with Gasteiger partial charge in [0, 0.05) is 17.1 Å². The monoisotopic (exact) mass is 183 g/mol. The van der Waals surface area contributed by atoms with Gasteiger partial charge in [-0.05, 0) is 0 Å². The molecule has 0 heterocycles. The van der Waals surface area contributed by atoms with E-state index in [0.29, 0.717) is 0 Å². The Hall–Kier alpha value is 1.58. The van der Waals surface area contributed by atoms with E-state index in [4.69, 9.17) is 19.2 Å². The van der Waals surface area contributed by atoms with E-state index in [1.165, 1.54) is 0 Å². The second kappa shape index (κ2) is 5.71. The summed E-state index contributed by atoms with van der Waals surface area (Å²) in [7, 11) is -4.61. The minimum atomic E-state index is -4.61. The van der Waals surface area contributed by atoms with Crippen molar-refractivity contribution >= 4 is 9.05 Å². The maximum Gasteiger partial charge on any atom is 1.00 e. The Labute approximate surface area is 75.9 Å². The molecule has 0 aromatic carbocycles. The van der Waals surface area contributed by atoms with Crippen molar-refractivity contribution in [3.8, 4) is 0 Å². The molecule has 0 fully saturated rings. The van der Waals surface area contributed by atoms with Gasteiger partial charge in [0.25, 0.3) is 0 Å². The summed E-state index contributed by atoms with van der Waals surface area (Å²) in [6.07, 6.45) is 0. The standard InChI is InChI=1S/Cu.Na.H4O4Si.H/c;;1-5(2,3)4;/h;;1-4H;/q;+1;;-1. The van der Waals surface area contributed by atoms with Crippen LogP contribution in [0.1, 0.15) is 1.43 Å². The van der Waals surface area contributed by atoms with Crippen LogP contribution in [0.5, 0.6) is 0 Å². The molecular weight excluding hydrogens is 179 g/mol. The van der Waals surface area contributed by atoms with Gasteiger partial charge in [-0.25, -0.2) is 0 Å². The topological polar surface area (TPSA) is 80.9 Å². The largest absolute Gasteiger partial charge is 1.00 e. The maximum atomic E-state index is 7.33. The van der Waals surface area contributed by atoms with Crippen molar-refractivity contribution in [2.45, 2.75) is 0 Å². The second-order valence-electron chi connectivity index (χ2n) is 0.600. The van der Waals surface area contributed by atoms with E-state index < -0.39 is 9.05 Å². The molecule has 0 aliphatic rings. The molecule has 0 saturated heterocycles. The molecule has 45 valence electrons. The number of rotatable bonds is 0. The second-order valence-corrected chi connectivity index (χ2v) is 1.80. The van der Waals surface area contributed by atoms with E-state index in [9.17, 15) is 0 Å². The van der Waals surface area contributed by atoms with Crippen molar-refractivity contribution in [3.05, 3.63) is 0 Å². The first kappa shape index (κ1) is 15.8. The Morgan fingerprint density at radius 2 is 1.00 bits per heavy atom. The van der Waals surface area contributed by atoms with Crippen LogP contribution in [0, 0.1) is 0 Å². The molecule has 4 nitrogen and oxygen atoms in total. The predicted octanol–water partition coefficient (Wildman–Crippen LogP) is -5.49. The van der Waals surface area contributed by atoms with Crippen LogP contribution in [0.2, 0.25) is 0 Å². The van der Waals surface area contributed by atoms with E-state index in [0.717, 1.165) is 0 Å². The van der Waals surface area contributed by atoms with E-state index in [1.54, 1.807) is 0 Å².